The molecule has 136 valence electrons. The van der Waals surface area contributed by atoms with Crippen LogP contribution in [0, 0.1) is 6.92 Å². The molecule has 0 spiro atoms. The number of pyridine rings is 2. The Morgan fingerprint density at radius 1 is 1.00 bits per heavy atom. The summed E-state index contributed by atoms with van der Waals surface area (Å²) in [4.78, 5) is 20.2. The summed E-state index contributed by atoms with van der Waals surface area (Å²) in [6.07, 6.45) is 9.24. The van der Waals surface area contributed by atoms with Crippen LogP contribution in [-0.4, -0.2) is 24.3 Å². The quantitative estimate of drug-likeness (QED) is 0.687. The van der Waals surface area contributed by atoms with Gasteiger partial charge < -0.3 is 5.32 Å². The van der Waals surface area contributed by atoms with Gasteiger partial charge in [-0.25, -0.2) is 8.42 Å². The summed E-state index contributed by atoms with van der Waals surface area (Å²) in [7, 11) is -3.65. The normalized spacial score (nSPS) is 11.4. The molecule has 27 heavy (non-hydrogen) atoms. The van der Waals surface area contributed by atoms with Gasteiger partial charge in [0.2, 0.25) is 15.7 Å². The number of carbonyl (C=O) groups excluding carboxylic acids is 1. The fraction of sp³-hybridized carbons (Fsp3) is 0.0500. The number of nitrogens with zero attached hydrogens (tertiary/aromatic N) is 2. The van der Waals surface area contributed by atoms with Crippen LogP contribution in [0.15, 0.2) is 83.1 Å². The maximum atomic E-state index is 12.6. The van der Waals surface area contributed by atoms with Gasteiger partial charge in [-0.2, -0.15) is 0 Å². The maximum absolute atomic E-state index is 12.6. The van der Waals surface area contributed by atoms with E-state index < -0.39 is 9.84 Å². The van der Waals surface area contributed by atoms with Crippen molar-refractivity contribution in [2.45, 2.75) is 16.7 Å². The molecule has 2 aromatic heterocycles. The van der Waals surface area contributed by atoms with Gasteiger partial charge in [0.05, 0.1) is 9.79 Å². The first kappa shape index (κ1) is 18.5. The van der Waals surface area contributed by atoms with Crippen molar-refractivity contribution in [3.8, 4) is 0 Å². The maximum Gasteiger partial charge on any atom is 0.248 e. The van der Waals surface area contributed by atoms with Crippen molar-refractivity contribution in [1.29, 1.82) is 0 Å². The van der Waals surface area contributed by atoms with E-state index in [0.717, 1.165) is 11.1 Å². The molecule has 0 aliphatic carbocycles. The van der Waals surface area contributed by atoms with Crippen molar-refractivity contribution in [2.75, 3.05) is 5.32 Å². The monoisotopic (exact) mass is 379 g/mol. The molecule has 0 unspecified atom stereocenters. The number of carbonyl (C=O) groups is 1. The zero-order valence-electron chi connectivity index (χ0n) is 14.5. The lowest BCUT2D eigenvalue weighted by Crippen LogP contribution is -2.08. The first-order chi connectivity index (χ1) is 12.9. The van der Waals surface area contributed by atoms with Crippen LogP contribution in [-0.2, 0) is 14.6 Å². The third-order valence-corrected chi connectivity index (χ3v) is 5.44. The number of hydrogen-bond donors (Lipinski definition) is 1. The molecule has 1 amide bonds. The summed E-state index contributed by atoms with van der Waals surface area (Å²) in [6, 6.07) is 11.2. The van der Waals surface area contributed by atoms with Gasteiger partial charge in [-0.05, 0) is 60.5 Å². The van der Waals surface area contributed by atoms with Crippen LogP contribution in [0.1, 0.15) is 11.1 Å². The SMILES string of the molecule is Cc1cncc(S(=O)(=O)c2ccc(NC(=O)/C=C/c3cccnc3)cc2)c1. The fourth-order valence-electron chi connectivity index (χ4n) is 2.36. The molecule has 3 rings (SSSR count). The second kappa shape index (κ2) is 7.92. The van der Waals surface area contributed by atoms with Crippen LogP contribution < -0.4 is 5.32 Å². The van der Waals surface area contributed by atoms with Crippen molar-refractivity contribution in [2.24, 2.45) is 0 Å². The number of benzene rings is 1. The Balaban J connectivity index is 1.72. The van der Waals surface area contributed by atoms with Gasteiger partial charge in [-0.1, -0.05) is 6.07 Å². The first-order valence-electron chi connectivity index (χ1n) is 8.11. The summed E-state index contributed by atoms with van der Waals surface area (Å²) >= 11 is 0. The Hall–Kier alpha value is -3.32. The van der Waals surface area contributed by atoms with E-state index in [1.165, 1.54) is 24.4 Å². The highest BCUT2D eigenvalue weighted by Crippen LogP contribution is 2.22. The van der Waals surface area contributed by atoms with Crippen LogP contribution in [0.3, 0.4) is 0 Å². The lowest BCUT2D eigenvalue weighted by Gasteiger charge is -2.07. The molecule has 3 aromatic rings. The molecule has 0 bridgehead atoms. The Labute approximate surface area is 157 Å². The third kappa shape index (κ3) is 4.65. The van der Waals surface area contributed by atoms with Crippen LogP contribution in [0.25, 0.3) is 6.08 Å². The summed E-state index contributed by atoms with van der Waals surface area (Å²) in [6.45, 7) is 1.78. The summed E-state index contributed by atoms with van der Waals surface area (Å²) in [5.41, 5.74) is 2.07. The zero-order chi connectivity index (χ0) is 19.3. The molecule has 0 fully saturated rings. The van der Waals surface area contributed by atoms with E-state index in [-0.39, 0.29) is 15.7 Å². The molecule has 1 aromatic carbocycles. The number of hydrogen-bond acceptors (Lipinski definition) is 5. The van der Waals surface area contributed by atoms with Gasteiger partial charge in [-0.3, -0.25) is 14.8 Å². The molecule has 1 N–H and O–H groups in total. The van der Waals surface area contributed by atoms with Crippen LogP contribution in [0.2, 0.25) is 0 Å². The molecule has 0 saturated carbocycles. The van der Waals surface area contributed by atoms with Gasteiger partial charge in [0.1, 0.15) is 0 Å². The molecule has 0 aliphatic heterocycles. The van der Waals surface area contributed by atoms with Gasteiger partial charge in [0, 0.05) is 36.6 Å². The Kier molecular flexibility index (Phi) is 5.42. The Morgan fingerprint density at radius 2 is 1.78 bits per heavy atom. The molecular formula is C20H17N3O3S. The number of amides is 1. The highest BCUT2D eigenvalue weighted by Gasteiger charge is 2.18. The summed E-state index contributed by atoms with van der Waals surface area (Å²) < 4.78 is 25.3. The average molecular weight is 379 g/mol. The minimum atomic E-state index is -3.65. The highest BCUT2D eigenvalue weighted by atomic mass is 32.2. The number of anilines is 1. The fourth-order valence-corrected chi connectivity index (χ4v) is 3.67. The number of nitrogens with one attached hydrogen (secondary N) is 1. The third-order valence-electron chi connectivity index (χ3n) is 3.70. The molecule has 7 heteroatoms. The molecule has 6 nitrogen and oxygen atoms in total. The predicted octanol–water partition coefficient (Wildman–Crippen LogP) is 3.27. The van der Waals surface area contributed by atoms with Crippen molar-refractivity contribution in [3.05, 3.63) is 84.5 Å². The second-order valence-electron chi connectivity index (χ2n) is 5.83. The Bertz CT molecular complexity index is 1080. The lowest BCUT2D eigenvalue weighted by molar-refractivity contribution is -0.111. The van der Waals surface area contributed by atoms with Crippen LogP contribution >= 0.6 is 0 Å². The van der Waals surface area contributed by atoms with E-state index >= 15 is 0 Å². The molecule has 0 atom stereocenters. The number of rotatable bonds is 5. The van der Waals surface area contributed by atoms with Gasteiger partial charge in [-0.15, -0.1) is 0 Å². The second-order valence-corrected chi connectivity index (χ2v) is 7.78. The molecule has 0 aliphatic rings. The average Bonchev–Trinajstić information content (AvgIpc) is 2.68. The van der Waals surface area contributed by atoms with Crippen molar-refractivity contribution in [1.82, 2.24) is 9.97 Å². The first-order valence-corrected chi connectivity index (χ1v) is 9.59. The largest absolute Gasteiger partial charge is 0.323 e. The van der Waals surface area contributed by atoms with Crippen molar-refractivity contribution < 1.29 is 13.2 Å². The highest BCUT2D eigenvalue weighted by molar-refractivity contribution is 7.91. The van der Waals surface area contributed by atoms with E-state index in [1.54, 1.807) is 55.9 Å². The molecular weight excluding hydrogens is 362 g/mol. The standard InChI is InChI=1S/C20H17N3O3S/c1-15-11-19(14-22-12-15)27(25,26)18-7-5-17(6-8-18)23-20(24)9-4-16-3-2-10-21-13-16/h2-14H,1H3,(H,23,24)/b9-4+. The summed E-state index contributed by atoms with van der Waals surface area (Å²) in [5, 5.41) is 2.69. The number of sulfone groups is 1. The number of aryl methyl sites for hydroxylation is 1. The van der Waals surface area contributed by atoms with Gasteiger partial charge in [0.15, 0.2) is 0 Å². The van der Waals surface area contributed by atoms with Crippen molar-refractivity contribution >= 4 is 27.5 Å². The van der Waals surface area contributed by atoms with Gasteiger partial charge >= 0.3 is 0 Å². The minimum absolute atomic E-state index is 0.138. The van der Waals surface area contributed by atoms with Crippen molar-refractivity contribution in [3.63, 3.8) is 0 Å². The minimum Gasteiger partial charge on any atom is -0.323 e. The van der Waals surface area contributed by atoms with E-state index in [4.69, 9.17) is 0 Å². The van der Waals surface area contributed by atoms with Crippen LogP contribution in [0.4, 0.5) is 5.69 Å². The Morgan fingerprint density at radius 3 is 2.44 bits per heavy atom. The molecule has 2 heterocycles. The molecule has 0 radical (unpaired) electrons. The van der Waals surface area contributed by atoms with Gasteiger partial charge in [0.25, 0.3) is 0 Å². The summed E-state index contributed by atoms with van der Waals surface area (Å²) in [5.74, 6) is -0.322. The van der Waals surface area contributed by atoms with Crippen LogP contribution in [0.5, 0.6) is 0 Å². The predicted molar refractivity (Wildman–Crippen MR) is 103 cm³/mol. The molecule has 0 saturated heterocycles. The smallest absolute Gasteiger partial charge is 0.248 e. The van der Waals surface area contributed by atoms with E-state index in [2.05, 4.69) is 15.3 Å². The van der Waals surface area contributed by atoms with E-state index in [9.17, 15) is 13.2 Å². The lowest BCUT2D eigenvalue weighted by atomic mass is 10.2. The number of aromatic nitrogens is 2. The topological polar surface area (TPSA) is 89.0 Å². The zero-order valence-corrected chi connectivity index (χ0v) is 15.3. The van der Waals surface area contributed by atoms with E-state index in [1.807, 2.05) is 6.07 Å². The van der Waals surface area contributed by atoms with E-state index in [0.29, 0.717) is 5.69 Å².